The lowest BCUT2D eigenvalue weighted by Crippen LogP contribution is -2.57. The number of rotatable bonds is 11. The first-order valence-electron chi connectivity index (χ1n) is 11.9. The summed E-state index contributed by atoms with van der Waals surface area (Å²) in [5.74, 6) is 0.0474. The van der Waals surface area contributed by atoms with E-state index in [2.05, 4.69) is 0 Å². The van der Waals surface area contributed by atoms with Crippen molar-refractivity contribution in [1.29, 1.82) is 0 Å². The lowest BCUT2D eigenvalue weighted by molar-refractivity contribution is -0.124. The van der Waals surface area contributed by atoms with E-state index in [-0.39, 0.29) is 38.3 Å². The highest BCUT2D eigenvalue weighted by Gasteiger charge is 2.54. The lowest BCUT2D eigenvalue weighted by atomic mass is 9.87. The number of para-hydroxylation sites is 1. The van der Waals surface area contributed by atoms with Crippen LogP contribution in [0.3, 0.4) is 0 Å². The van der Waals surface area contributed by atoms with Crippen LogP contribution in [0.5, 0.6) is 5.75 Å². The van der Waals surface area contributed by atoms with E-state index in [0.29, 0.717) is 12.2 Å². The third-order valence-electron chi connectivity index (χ3n) is 5.91. The van der Waals surface area contributed by atoms with Gasteiger partial charge in [-0.15, -0.1) is 0 Å². The Morgan fingerprint density at radius 1 is 1.03 bits per heavy atom. The average molecular weight is 502 g/mol. The Kier molecular flexibility index (Phi) is 9.78. The number of Topliss-reactive ketones (excluding diaryl/α,β-unsaturated/α-hetero) is 1. The Hall–Kier alpha value is -2.80. The molecule has 0 bridgehead atoms. The summed E-state index contributed by atoms with van der Waals surface area (Å²) in [7, 11) is -3.92. The number of ketones is 1. The number of amides is 1. The molecule has 2 aromatic carbocycles. The minimum absolute atomic E-state index is 0.0626. The van der Waals surface area contributed by atoms with Gasteiger partial charge in [0.2, 0.25) is 0 Å². The Morgan fingerprint density at radius 2 is 1.63 bits per heavy atom. The fraction of sp³-hybridized carbons (Fsp3) is 0.423. The van der Waals surface area contributed by atoms with Gasteiger partial charge in [-0.3, -0.25) is 14.3 Å². The van der Waals surface area contributed by atoms with Crippen molar-refractivity contribution in [1.82, 2.24) is 4.90 Å². The number of likely N-dealkylation sites (tertiary alicyclic amines) is 1. The molecule has 3 atom stereocenters. The van der Waals surface area contributed by atoms with Crippen LogP contribution in [-0.2, 0) is 23.2 Å². The summed E-state index contributed by atoms with van der Waals surface area (Å²) < 4.78 is 30.7. The van der Waals surface area contributed by atoms with Gasteiger partial charge < -0.3 is 18.6 Å². The van der Waals surface area contributed by atoms with Crippen molar-refractivity contribution >= 4 is 25.8 Å². The maximum Gasteiger partial charge on any atom is 0.416 e. The van der Waals surface area contributed by atoms with E-state index in [1.165, 1.54) is 4.90 Å². The quantitative estimate of drug-likeness (QED) is 0.225. The summed E-state index contributed by atoms with van der Waals surface area (Å²) in [6.07, 6.45) is 0.943. The first-order valence-corrected chi connectivity index (χ1v) is 13.5. The van der Waals surface area contributed by atoms with Crippen LogP contribution >= 0.6 is 7.60 Å². The molecule has 0 aliphatic carbocycles. The van der Waals surface area contributed by atoms with Crippen LogP contribution in [-0.4, -0.2) is 48.0 Å². The van der Waals surface area contributed by atoms with Crippen molar-refractivity contribution < 1.29 is 32.7 Å². The molecular formula is C26H32NO7P. The molecule has 3 rings (SSSR count). The topological polar surface area (TPSA) is 99.2 Å². The number of aldehydes is 1. The van der Waals surface area contributed by atoms with Crippen molar-refractivity contribution in [3.63, 3.8) is 0 Å². The molecule has 1 aliphatic rings. The molecule has 0 radical (unpaired) electrons. The maximum absolute atomic E-state index is 13.9. The molecule has 1 amide bonds. The molecule has 2 aromatic rings. The molecule has 1 saturated heterocycles. The molecule has 1 fully saturated rings. The first kappa shape index (κ1) is 26.8. The number of ether oxygens (including phenoxy) is 1. The van der Waals surface area contributed by atoms with E-state index in [0.717, 1.165) is 11.8 Å². The molecule has 1 unspecified atom stereocenters. The Morgan fingerprint density at radius 3 is 2.20 bits per heavy atom. The van der Waals surface area contributed by atoms with E-state index in [4.69, 9.17) is 13.8 Å². The van der Waals surface area contributed by atoms with Crippen molar-refractivity contribution in [2.24, 2.45) is 0 Å². The highest BCUT2D eigenvalue weighted by molar-refractivity contribution is 7.55. The number of unbranched alkanes of at least 4 members (excludes halogenated alkanes) is 1. The van der Waals surface area contributed by atoms with Gasteiger partial charge in [0.15, 0.2) is 5.78 Å². The minimum atomic E-state index is -3.92. The summed E-state index contributed by atoms with van der Waals surface area (Å²) in [6, 6.07) is 16.4. The van der Waals surface area contributed by atoms with Gasteiger partial charge in [0, 0.05) is 12.8 Å². The molecule has 35 heavy (non-hydrogen) atoms. The molecule has 1 heterocycles. The van der Waals surface area contributed by atoms with Crippen LogP contribution in [0.2, 0.25) is 0 Å². The molecule has 1 aliphatic heterocycles. The van der Waals surface area contributed by atoms with Crippen LogP contribution in [0.4, 0.5) is 4.79 Å². The molecule has 188 valence electrons. The van der Waals surface area contributed by atoms with Gasteiger partial charge in [-0.25, -0.2) is 4.79 Å². The van der Waals surface area contributed by atoms with Crippen LogP contribution in [0, 0.1) is 0 Å². The van der Waals surface area contributed by atoms with Gasteiger partial charge in [0.25, 0.3) is 0 Å². The summed E-state index contributed by atoms with van der Waals surface area (Å²) in [6.45, 7) is 3.51. The van der Waals surface area contributed by atoms with E-state index in [1.807, 2.05) is 36.4 Å². The predicted molar refractivity (Wildman–Crippen MR) is 131 cm³/mol. The van der Waals surface area contributed by atoms with Gasteiger partial charge in [0.05, 0.1) is 25.3 Å². The second kappa shape index (κ2) is 12.8. The third-order valence-corrected chi connectivity index (χ3v) is 8.46. The van der Waals surface area contributed by atoms with Gasteiger partial charge in [0.1, 0.15) is 17.7 Å². The van der Waals surface area contributed by atoms with Crippen molar-refractivity contribution in [2.75, 3.05) is 13.2 Å². The molecule has 9 heteroatoms. The second-order valence-corrected chi connectivity index (χ2v) is 10.3. The van der Waals surface area contributed by atoms with Crippen LogP contribution in [0.15, 0.2) is 60.7 Å². The number of carbonyl (C=O) groups excluding carboxylic acids is 3. The maximum atomic E-state index is 13.9. The fourth-order valence-electron chi connectivity index (χ4n) is 4.52. The number of carbonyl (C=O) groups is 3. The molecular weight excluding hydrogens is 469 g/mol. The van der Waals surface area contributed by atoms with E-state index in [9.17, 15) is 18.9 Å². The first-order chi connectivity index (χ1) is 16.9. The molecule has 0 saturated carbocycles. The molecule has 8 nitrogen and oxygen atoms in total. The molecule has 0 aromatic heterocycles. The monoisotopic (exact) mass is 501 g/mol. The number of nitrogens with zero attached hydrogens (tertiary/aromatic N) is 1. The van der Waals surface area contributed by atoms with Crippen LogP contribution in [0.1, 0.15) is 51.1 Å². The standard InChI is InChI=1S/C26H32NO7P/c1-3-32-35(31,33-4-2)25-22(17-11-12-18-28)27(26(30)34-21-15-9-6-10-16-21)23(19-24(25)29)20-13-7-5-8-14-20/h5-10,13-16,18,22-23,25H,3-4,11-12,17,19H2,1-2H3/t22-,23+,25?/m1/s1. The second-order valence-electron chi connectivity index (χ2n) is 8.17. The largest absolute Gasteiger partial charge is 0.416 e. The van der Waals surface area contributed by atoms with Gasteiger partial charge in [-0.05, 0) is 44.4 Å². The highest BCUT2D eigenvalue weighted by atomic mass is 31.2. The van der Waals surface area contributed by atoms with Gasteiger partial charge >= 0.3 is 13.7 Å². The zero-order chi connectivity index (χ0) is 25.3. The highest BCUT2D eigenvalue weighted by Crippen LogP contribution is 2.58. The SMILES string of the molecule is CCOP(=O)(OCC)C1C(=O)C[C@@H](c2ccccc2)N(C(=O)Oc2ccccc2)[C@@H]1CCCC=O. The van der Waals surface area contributed by atoms with Crippen molar-refractivity contribution in [2.45, 2.75) is 57.3 Å². The van der Waals surface area contributed by atoms with E-state index < -0.39 is 31.4 Å². The Labute approximate surface area is 206 Å². The number of piperidine rings is 1. The predicted octanol–water partition coefficient (Wildman–Crippen LogP) is 5.57. The van der Waals surface area contributed by atoms with Crippen molar-refractivity contribution in [3.8, 4) is 5.75 Å². The lowest BCUT2D eigenvalue weighted by Gasteiger charge is -2.46. The van der Waals surface area contributed by atoms with Crippen LogP contribution < -0.4 is 4.74 Å². The number of hydrogen-bond donors (Lipinski definition) is 0. The molecule has 0 spiro atoms. The smallest absolute Gasteiger partial charge is 0.410 e. The zero-order valence-corrected chi connectivity index (χ0v) is 21.0. The van der Waals surface area contributed by atoms with Crippen molar-refractivity contribution in [3.05, 3.63) is 66.2 Å². The zero-order valence-electron chi connectivity index (χ0n) is 20.1. The summed E-state index contributed by atoms with van der Waals surface area (Å²) >= 11 is 0. The fourth-order valence-corrected chi connectivity index (χ4v) is 6.81. The normalized spacial score (nSPS) is 20.5. The summed E-state index contributed by atoms with van der Waals surface area (Å²) in [5.41, 5.74) is -0.426. The van der Waals surface area contributed by atoms with Crippen LogP contribution in [0.25, 0.3) is 0 Å². The summed E-state index contributed by atoms with van der Waals surface area (Å²) in [4.78, 5) is 39.8. The summed E-state index contributed by atoms with van der Waals surface area (Å²) in [5, 5.41) is 0. The number of hydrogen-bond acceptors (Lipinski definition) is 7. The van der Waals surface area contributed by atoms with Gasteiger partial charge in [-0.2, -0.15) is 0 Å². The van der Waals surface area contributed by atoms with E-state index >= 15 is 0 Å². The Balaban J connectivity index is 2.10. The average Bonchev–Trinajstić information content (AvgIpc) is 2.85. The van der Waals surface area contributed by atoms with Gasteiger partial charge in [-0.1, -0.05) is 48.5 Å². The van der Waals surface area contributed by atoms with E-state index in [1.54, 1.807) is 38.1 Å². The molecule has 0 N–H and O–H groups in total. The number of benzene rings is 2. The minimum Gasteiger partial charge on any atom is -0.410 e. The Bertz CT molecular complexity index is 1020. The third kappa shape index (κ3) is 6.45.